The van der Waals surface area contributed by atoms with Gasteiger partial charge in [0.05, 0.1) is 0 Å². The Morgan fingerprint density at radius 3 is 1.57 bits per heavy atom. The van der Waals surface area contributed by atoms with E-state index in [0.717, 1.165) is 0 Å². The second-order valence-electron chi connectivity index (χ2n) is 6.05. The second-order valence-corrected chi connectivity index (χ2v) is 19.5. The molecular weight excluding hydrogens is 328 g/mol. The van der Waals surface area contributed by atoms with Gasteiger partial charge in [-0.25, -0.2) is 0 Å². The SMILES string of the molecule is C[CH2][Ti]([CH2]C)([O][Ti]([CH3])([CH3])[c]1ccccc1)[c]1ccccc1. The first kappa shape index (κ1) is 17.2. The number of hydrogen-bond donors (Lipinski definition) is 0. The van der Waals surface area contributed by atoms with Crippen LogP contribution >= 0.6 is 0 Å². The van der Waals surface area contributed by atoms with E-state index in [0.29, 0.717) is 0 Å². The summed E-state index contributed by atoms with van der Waals surface area (Å²) in [4.78, 5) is 0. The Hall–Kier alpha value is -0.171. The fraction of sp³-hybridized carbons (Fsp3) is 0.333. The summed E-state index contributed by atoms with van der Waals surface area (Å²) in [6.45, 7) is 4.64. The molecule has 0 N–H and O–H groups in total. The van der Waals surface area contributed by atoms with Crippen molar-refractivity contribution in [1.82, 2.24) is 0 Å². The van der Waals surface area contributed by atoms with E-state index < -0.39 is 34.0 Å². The molecule has 0 atom stereocenters. The van der Waals surface area contributed by atoms with Crippen molar-refractivity contribution >= 4 is 7.74 Å². The first-order chi connectivity index (χ1) is 10.0. The molecule has 0 aromatic heterocycles. The zero-order valence-corrected chi connectivity index (χ0v) is 16.7. The molecule has 0 saturated heterocycles. The van der Waals surface area contributed by atoms with Gasteiger partial charge in [0.1, 0.15) is 0 Å². The molecule has 21 heavy (non-hydrogen) atoms. The normalized spacial score (nSPS) is 12.4. The van der Waals surface area contributed by atoms with Crippen LogP contribution in [-0.4, -0.2) is 0 Å². The van der Waals surface area contributed by atoms with Gasteiger partial charge in [-0.1, -0.05) is 0 Å². The van der Waals surface area contributed by atoms with E-state index in [1.54, 1.807) is 0 Å². The molecule has 1 nitrogen and oxygen atoms in total. The minimum absolute atomic E-state index is 1.20. The molecule has 0 aliphatic heterocycles. The van der Waals surface area contributed by atoms with Gasteiger partial charge >= 0.3 is 138 Å². The van der Waals surface area contributed by atoms with Gasteiger partial charge in [-0.05, 0) is 0 Å². The van der Waals surface area contributed by atoms with Gasteiger partial charge in [0.2, 0.25) is 0 Å². The average Bonchev–Trinajstić information content (AvgIpc) is 2.54. The van der Waals surface area contributed by atoms with Gasteiger partial charge in [0.25, 0.3) is 0 Å². The Kier molecular flexibility index (Phi) is 6.05. The van der Waals surface area contributed by atoms with Crippen molar-refractivity contribution in [3.63, 3.8) is 0 Å². The number of benzene rings is 2. The summed E-state index contributed by atoms with van der Waals surface area (Å²) in [5.41, 5.74) is 0. The molecule has 0 aliphatic rings. The third kappa shape index (κ3) is 3.97. The van der Waals surface area contributed by atoms with Crippen molar-refractivity contribution < 1.29 is 35.9 Å². The molecule has 0 fully saturated rings. The molecule has 2 aromatic carbocycles. The zero-order valence-electron chi connectivity index (χ0n) is 13.6. The molecule has 0 heterocycles. The van der Waals surface area contributed by atoms with Crippen LogP contribution in [-0.2, 0) is 35.9 Å². The van der Waals surface area contributed by atoms with Gasteiger partial charge in [0, 0.05) is 0 Å². The monoisotopic (exact) mass is 354 g/mol. The first-order valence-electron chi connectivity index (χ1n) is 7.85. The molecule has 0 spiro atoms. The molecule has 0 unspecified atom stereocenters. The molecule has 0 saturated carbocycles. The van der Waals surface area contributed by atoms with Crippen molar-refractivity contribution in [3.8, 4) is 0 Å². The fourth-order valence-corrected chi connectivity index (χ4v) is 19.9. The van der Waals surface area contributed by atoms with E-state index >= 15 is 0 Å². The molecule has 0 bridgehead atoms. The van der Waals surface area contributed by atoms with Crippen LogP contribution in [0.25, 0.3) is 0 Å². The molecule has 2 rings (SSSR count). The van der Waals surface area contributed by atoms with Crippen LogP contribution in [0.2, 0.25) is 19.9 Å². The van der Waals surface area contributed by atoms with E-state index in [2.05, 4.69) is 85.0 Å². The zero-order chi connectivity index (χ0) is 15.3. The van der Waals surface area contributed by atoms with Crippen molar-refractivity contribution in [2.45, 2.75) is 33.8 Å². The molecule has 0 amide bonds. The molecule has 0 radical (unpaired) electrons. The molecular formula is C18H26OTi2. The number of hydrogen-bond acceptors (Lipinski definition) is 1. The van der Waals surface area contributed by atoms with Crippen LogP contribution in [0.5, 0.6) is 0 Å². The summed E-state index contributed by atoms with van der Waals surface area (Å²) in [5.74, 6) is 0. The quantitative estimate of drug-likeness (QED) is 0.680. The van der Waals surface area contributed by atoms with Crippen molar-refractivity contribution in [2.24, 2.45) is 0 Å². The van der Waals surface area contributed by atoms with E-state index in [1.807, 2.05) is 0 Å². The van der Waals surface area contributed by atoms with E-state index in [-0.39, 0.29) is 0 Å². The van der Waals surface area contributed by atoms with E-state index in [9.17, 15) is 0 Å². The predicted molar refractivity (Wildman–Crippen MR) is 85.9 cm³/mol. The summed E-state index contributed by atoms with van der Waals surface area (Å²) in [7, 11) is 0. The van der Waals surface area contributed by atoms with Crippen molar-refractivity contribution in [3.05, 3.63) is 60.7 Å². The number of rotatable bonds is 6. The minimum atomic E-state index is -2.45. The molecule has 3 heteroatoms. The third-order valence-corrected chi connectivity index (χ3v) is 20.0. The average molecular weight is 354 g/mol. The Labute approximate surface area is 137 Å². The summed E-state index contributed by atoms with van der Waals surface area (Å²) in [6, 6.07) is 21.9. The molecule has 2 aromatic rings. The van der Waals surface area contributed by atoms with Crippen LogP contribution in [0.15, 0.2) is 60.7 Å². The topological polar surface area (TPSA) is 9.23 Å². The Bertz CT molecular complexity index is 548. The van der Waals surface area contributed by atoms with Crippen LogP contribution in [0, 0.1) is 0 Å². The summed E-state index contributed by atoms with van der Waals surface area (Å²) in [5, 5.41) is 4.78. The van der Waals surface area contributed by atoms with E-state index in [1.165, 1.54) is 17.2 Å². The molecule has 112 valence electrons. The van der Waals surface area contributed by atoms with Crippen LogP contribution in [0.3, 0.4) is 0 Å². The molecule has 0 aliphatic carbocycles. The van der Waals surface area contributed by atoms with Crippen LogP contribution < -0.4 is 7.74 Å². The maximum absolute atomic E-state index is 7.07. The van der Waals surface area contributed by atoms with Gasteiger partial charge in [0.15, 0.2) is 0 Å². The van der Waals surface area contributed by atoms with Crippen molar-refractivity contribution in [2.75, 3.05) is 0 Å². The van der Waals surface area contributed by atoms with Gasteiger partial charge < -0.3 is 0 Å². The van der Waals surface area contributed by atoms with Gasteiger partial charge in [-0.3, -0.25) is 0 Å². The Balaban J connectivity index is 2.36. The van der Waals surface area contributed by atoms with Crippen LogP contribution in [0.1, 0.15) is 13.8 Å². The maximum atomic E-state index is 7.07. The first-order valence-corrected chi connectivity index (χ1v) is 16.0. The van der Waals surface area contributed by atoms with E-state index in [4.69, 9.17) is 1.90 Å². The van der Waals surface area contributed by atoms with Gasteiger partial charge in [-0.15, -0.1) is 0 Å². The Morgan fingerprint density at radius 2 is 1.14 bits per heavy atom. The second kappa shape index (κ2) is 7.40. The third-order valence-electron chi connectivity index (χ3n) is 4.36. The Morgan fingerprint density at radius 1 is 0.714 bits per heavy atom. The van der Waals surface area contributed by atoms with Crippen LogP contribution in [0.4, 0.5) is 0 Å². The summed E-state index contributed by atoms with van der Waals surface area (Å²) in [6.07, 6.45) is 0. The fourth-order valence-electron chi connectivity index (χ4n) is 2.99. The standard InChI is InChI=1S/2C6H5.2C2H5.2CH3.O.2Ti/c2*1-2-4-6-5-3-1;2*1-2;;;;;/h2*1-5H;2*1H2,2H3;2*1H3;;;. The predicted octanol–water partition coefficient (Wildman–Crippen LogP) is 4.76. The van der Waals surface area contributed by atoms with Crippen molar-refractivity contribution in [1.29, 1.82) is 0 Å². The summed E-state index contributed by atoms with van der Waals surface area (Å²) >= 11 is -4.87. The summed E-state index contributed by atoms with van der Waals surface area (Å²) < 4.78 is 12.4. The van der Waals surface area contributed by atoms with Gasteiger partial charge in [-0.2, -0.15) is 0 Å².